The highest BCUT2D eigenvalue weighted by Crippen LogP contribution is 2.32. The van der Waals surface area contributed by atoms with E-state index in [4.69, 9.17) is 11.6 Å². The minimum Gasteiger partial charge on any atom is -0.353 e. The smallest absolute Gasteiger partial charge is 0.353 e. The van der Waals surface area contributed by atoms with Gasteiger partial charge in [-0.25, -0.2) is 0 Å². The maximum absolute atomic E-state index is 13.3. The van der Waals surface area contributed by atoms with Gasteiger partial charge in [0, 0.05) is 36.7 Å². The molecule has 0 radical (unpaired) electrons. The van der Waals surface area contributed by atoms with Gasteiger partial charge in [0.15, 0.2) is 0 Å². The molecule has 168 valence electrons. The molecule has 0 bridgehead atoms. The lowest BCUT2D eigenvalue weighted by Gasteiger charge is -2.24. The highest BCUT2D eigenvalue weighted by atomic mass is 35.5. The molecule has 8 heteroatoms. The van der Waals surface area contributed by atoms with Crippen LogP contribution in [0.15, 0.2) is 48.5 Å². The van der Waals surface area contributed by atoms with Crippen LogP contribution in [-0.2, 0) is 24.1 Å². The summed E-state index contributed by atoms with van der Waals surface area (Å²) in [6, 6.07) is 12.6. The predicted molar refractivity (Wildman–Crippen MR) is 116 cm³/mol. The summed E-state index contributed by atoms with van der Waals surface area (Å²) < 4.78 is 39.8. The van der Waals surface area contributed by atoms with Crippen molar-refractivity contribution in [1.29, 1.82) is 0 Å². The van der Waals surface area contributed by atoms with Crippen molar-refractivity contribution in [2.75, 3.05) is 6.54 Å². The van der Waals surface area contributed by atoms with Crippen LogP contribution < -0.4 is 10.6 Å². The first-order chi connectivity index (χ1) is 14.6. The zero-order chi connectivity index (χ0) is 22.6. The molecule has 1 aliphatic rings. The Kier molecular flexibility index (Phi) is 7.62. The topological polar surface area (TPSA) is 44.4 Å². The van der Waals surface area contributed by atoms with Crippen LogP contribution in [0.4, 0.5) is 13.2 Å². The number of alkyl halides is 3. The Labute approximate surface area is 185 Å². The van der Waals surface area contributed by atoms with E-state index in [9.17, 15) is 18.0 Å². The number of hydrogen-bond acceptors (Lipinski definition) is 3. The second-order valence-electron chi connectivity index (χ2n) is 8.21. The Morgan fingerprint density at radius 1 is 1.19 bits per heavy atom. The average molecular weight is 454 g/mol. The van der Waals surface area contributed by atoms with Gasteiger partial charge in [0.1, 0.15) is 0 Å². The molecule has 4 nitrogen and oxygen atoms in total. The lowest BCUT2D eigenvalue weighted by molar-refractivity contribution is -0.138. The minimum absolute atomic E-state index is 0.00573. The fourth-order valence-corrected chi connectivity index (χ4v) is 4.17. The maximum Gasteiger partial charge on any atom is 0.416 e. The molecule has 1 aliphatic heterocycles. The van der Waals surface area contributed by atoms with Gasteiger partial charge in [0.25, 0.3) is 0 Å². The number of halogens is 4. The first kappa shape index (κ1) is 23.6. The molecule has 2 N–H and O–H groups in total. The summed E-state index contributed by atoms with van der Waals surface area (Å²) in [5.41, 5.74) is 0.551. The Morgan fingerprint density at radius 2 is 1.94 bits per heavy atom. The lowest BCUT2D eigenvalue weighted by atomic mass is 10.1. The van der Waals surface area contributed by atoms with E-state index in [2.05, 4.69) is 15.5 Å². The molecule has 31 heavy (non-hydrogen) atoms. The molecule has 0 saturated carbocycles. The second kappa shape index (κ2) is 10.0. The summed E-state index contributed by atoms with van der Waals surface area (Å²) in [5.74, 6) is -0.0722. The number of carbonyl (C=O) groups excluding carboxylic acids is 1. The van der Waals surface area contributed by atoms with Crippen molar-refractivity contribution in [2.45, 2.75) is 57.7 Å². The third kappa shape index (κ3) is 6.45. The minimum atomic E-state index is -4.40. The largest absolute Gasteiger partial charge is 0.416 e. The Hall–Kier alpha value is -2.09. The number of amides is 1. The normalized spacial score (nSPS) is 19.7. The Balaban J connectivity index is 1.72. The molecule has 2 aromatic carbocycles. The molecular formula is C23H27ClF3N3O. The second-order valence-corrected chi connectivity index (χ2v) is 8.64. The number of rotatable bonds is 7. The number of likely N-dealkylation sites (tertiary alicyclic amines) is 1. The van der Waals surface area contributed by atoms with Gasteiger partial charge in [0.05, 0.1) is 11.6 Å². The van der Waals surface area contributed by atoms with Gasteiger partial charge < -0.3 is 10.6 Å². The lowest BCUT2D eigenvalue weighted by Crippen LogP contribution is -2.45. The van der Waals surface area contributed by atoms with Gasteiger partial charge in [-0.2, -0.15) is 13.2 Å². The first-order valence-electron chi connectivity index (χ1n) is 10.3. The number of nitrogens with one attached hydrogen (secondary N) is 2. The Bertz CT molecular complexity index is 904. The van der Waals surface area contributed by atoms with E-state index >= 15 is 0 Å². The first-order valence-corrected chi connectivity index (χ1v) is 10.7. The molecular weight excluding hydrogens is 427 g/mol. The summed E-state index contributed by atoms with van der Waals surface area (Å²) in [4.78, 5) is 14.8. The van der Waals surface area contributed by atoms with Gasteiger partial charge in [-0.1, -0.05) is 41.9 Å². The summed E-state index contributed by atoms with van der Waals surface area (Å²) in [5, 5.41) is 6.80. The van der Waals surface area contributed by atoms with E-state index in [1.165, 1.54) is 12.1 Å². The molecule has 3 rings (SSSR count). The van der Waals surface area contributed by atoms with Crippen LogP contribution in [0.25, 0.3) is 0 Å². The molecule has 1 amide bonds. The van der Waals surface area contributed by atoms with E-state index in [1.54, 1.807) is 12.1 Å². The van der Waals surface area contributed by atoms with Gasteiger partial charge in [-0.3, -0.25) is 9.69 Å². The molecule has 2 aromatic rings. The van der Waals surface area contributed by atoms with E-state index in [0.29, 0.717) is 24.5 Å². The highest BCUT2D eigenvalue weighted by molar-refractivity contribution is 6.30. The monoisotopic (exact) mass is 453 g/mol. The molecule has 1 fully saturated rings. The quantitative estimate of drug-likeness (QED) is 0.643. The van der Waals surface area contributed by atoms with Crippen molar-refractivity contribution in [1.82, 2.24) is 15.5 Å². The SMILES string of the molecule is CC(C)NC(=O)[C@@H]1C[C@@H](NCc2ccccc2C(F)(F)F)CN1Cc1cccc(Cl)c1. The van der Waals surface area contributed by atoms with Crippen molar-refractivity contribution in [2.24, 2.45) is 0 Å². The van der Waals surface area contributed by atoms with Crippen LogP contribution in [0.3, 0.4) is 0 Å². The zero-order valence-corrected chi connectivity index (χ0v) is 18.3. The van der Waals surface area contributed by atoms with Crippen LogP contribution >= 0.6 is 11.6 Å². The Morgan fingerprint density at radius 3 is 2.61 bits per heavy atom. The molecule has 0 spiro atoms. The van der Waals surface area contributed by atoms with Crippen molar-refractivity contribution >= 4 is 17.5 Å². The third-order valence-electron chi connectivity index (χ3n) is 5.32. The van der Waals surface area contributed by atoms with Crippen molar-refractivity contribution in [3.63, 3.8) is 0 Å². The van der Waals surface area contributed by atoms with Crippen LogP contribution in [0.1, 0.15) is 37.0 Å². The van der Waals surface area contributed by atoms with E-state index in [0.717, 1.165) is 11.6 Å². The molecule has 0 aliphatic carbocycles. The van der Waals surface area contributed by atoms with Crippen LogP contribution in [0.2, 0.25) is 5.02 Å². The van der Waals surface area contributed by atoms with Crippen molar-refractivity contribution < 1.29 is 18.0 Å². The summed E-state index contributed by atoms with van der Waals surface area (Å²) in [6.07, 6.45) is -3.88. The summed E-state index contributed by atoms with van der Waals surface area (Å²) in [7, 11) is 0. The number of carbonyl (C=O) groups is 1. The predicted octanol–water partition coefficient (Wildman–Crippen LogP) is 4.62. The standard InChI is InChI=1S/C23H27ClF3N3O/c1-15(2)29-22(31)21-11-19(14-30(21)13-16-6-5-8-18(24)10-16)28-12-17-7-3-4-9-20(17)23(25,26)27/h3-10,15,19,21,28H,11-14H2,1-2H3,(H,29,31)/t19-,21+/m1/s1. The number of benzene rings is 2. The molecule has 1 saturated heterocycles. The van der Waals surface area contributed by atoms with Gasteiger partial charge in [0.2, 0.25) is 5.91 Å². The molecule has 0 aromatic heterocycles. The van der Waals surface area contributed by atoms with Gasteiger partial charge in [-0.05, 0) is 49.6 Å². The van der Waals surface area contributed by atoms with Gasteiger partial charge in [-0.15, -0.1) is 0 Å². The van der Waals surface area contributed by atoms with E-state index in [-0.39, 0.29) is 36.1 Å². The summed E-state index contributed by atoms with van der Waals surface area (Å²) >= 11 is 6.09. The van der Waals surface area contributed by atoms with Crippen molar-refractivity contribution in [3.8, 4) is 0 Å². The summed E-state index contributed by atoms with van der Waals surface area (Å²) in [6.45, 7) is 4.98. The van der Waals surface area contributed by atoms with E-state index in [1.807, 2.05) is 32.0 Å². The van der Waals surface area contributed by atoms with Crippen LogP contribution in [-0.4, -0.2) is 35.5 Å². The third-order valence-corrected chi connectivity index (χ3v) is 5.55. The fourth-order valence-electron chi connectivity index (χ4n) is 3.95. The van der Waals surface area contributed by atoms with Gasteiger partial charge >= 0.3 is 6.18 Å². The number of nitrogens with zero attached hydrogens (tertiary/aromatic N) is 1. The molecule has 1 heterocycles. The van der Waals surface area contributed by atoms with Crippen LogP contribution in [0.5, 0.6) is 0 Å². The molecule has 0 unspecified atom stereocenters. The fraction of sp³-hybridized carbons (Fsp3) is 0.435. The highest BCUT2D eigenvalue weighted by Gasteiger charge is 2.37. The van der Waals surface area contributed by atoms with Crippen LogP contribution in [0, 0.1) is 0 Å². The van der Waals surface area contributed by atoms with Crippen molar-refractivity contribution in [3.05, 3.63) is 70.2 Å². The molecule has 2 atom stereocenters. The van der Waals surface area contributed by atoms with E-state index < -0.39 is 11.7 Å². The zero-order valence-electron chi connectivity index (χ0n) is 17.5. The average Bonchev–Trinajstić information content (AvgIpc) is 3.08. The maximum atomic E-state index is 13.3. The number of hydrogen-bond donors (Lipinski definition) is 2.